The summed E-state index contributed by atoms with van der Waals surface area (Å²) in [6, 6.07) is 15.3. The van der Waals surface area contributed by atoms with E-state index in [1.165, 1.54) is 0 Å². The molecule has 5 nitrogen and oxygen atoms in total. The van der Waals surface area contributed by atoms with Gasteiger partial charge in [0, 0.05) is 37.8 Å². The number of hydrogen-bond donors (Lipinski definition) is 3. The van der Waals surface area contributed by atoms with E-state index in [0.717, 1.165) is 48.7 Å². The smallest absolute Gasteiger partial charge is 0.191 e. The Labute approximate surface area is 172 Å². The highest BCUT2D eigenvalue weighted by Crippen LogP contribution is 2.48. The molecule has 1 fully saturated rings. The number of ether oxygens (including phenoxy) is 1. The maximum Gasteiger partial charge on any atom is 0.191 e. The van der Waals surface area contributed by atoms with Crippen LogP contribution in [0.3, 0.4) is 0 Å². The second-order valence-corrected chi connectivity index (χ2v) is 7.43. The molecule has 0 radical (unpaired) electrons. The standard InChI is InChI=1S/C23H31FN4O/c1-3-25-22(27-16-18-8-10-19(11-9-18)26-14-15-29-2)28-17-23(12-13-23)20-6-4-5-7-21(20)24/h4-11,26H,3,12-17H2,1-2H3,(H2,25,27,28). The van der Waals surface area contributed by atoms with Crippen molar-refractivity contribution < 1.29 is 9.13 Å². The fraction of sp³-hybridized carbons (Fsp3) is 0.435. The Morgan fingerprint density at radius 1 is 1.10 bits per heavy atom. The first-order chi connectivity index (χ1) is 14.2. The van der Waals surface area contributed by atoms with Gasteiger partial charge in [-0.3, -0.25) is 0 Å². The van der Waals surface area contributed by atoms with Crippen molar-refractivity contribution in [2.45, 2.75) is 31.7 Å². The molecule has 3 N–H and O–H groups in total. The molecule has 0 atom stereocenters. The van der Waals surface area contributed by atoms with Gasteiger partial charge in [0.1, 0.15) is 5.82 Å². The molecule has 3 rings (SSSR count). The number of methoxy groups -OCH3 is 1. The second-order valence-electron chi connectivity index (χ2n) is 7.43. The highest BCUT2D eigenvalue weighted by molar-refractivity contribution is 5.80. The largest absolute Gasteiger partial charge is 0.383 e. The van der Waals surface area contributed by atoms with Crippen LogP contribution in [0.5, 0.6) is 0 Å². The number of nitrogens with zero attached hydrogens (tertiary/aromatic N) is 1. The molecular formula is C23H31FN4O. The molecule has 0 unspecified atom stereocenters. The van der Waals surface area contributed by atoms with Crippen molar-refractivity contribution in [3.05, 3.63) is 65.5 Å². The van der Waals surface area contributed by atoms with Crippen LogP contribution in [-0.2, 0) is 16.7 Å². The Kier molecular flexibility index (Phi) is 7.47. The Morgan fingerprint density at radius 2 is 1.86 bits per heavy atom. The molecule has 6 heteroatoms. The minimum atomic E-state index is -0.118. The van der Waals surface area contributed by atoms with Crippen LogP contribution in [-0.4, -0.2) is 39.3 Å². The topological polar surface area (TPSA) is 57.7 Å². The summed E-state index contributed by atoms with van der Waals surface area (Å²) in [4.78, 5) is 4.70. The summed E-state index contributed by atoms with van der Waals surface area (Å²) in [6.07, 6.45) is 2.00. The van der Waals surface area contributed by atoms with E-state index in [1.54, 1.807) is 19.2 Å². The van der Waals surface area contributed by atoms with Crippen LogP contribution in [0.2, 0.25) is 0 Å². The number of rotatable bonds is 10. The summed E-state index contributed by atoms with van der Waals surface area (Å²) in [7, 11) is 1.69. The van der Waals surface area contributed by atoms with Crippen molar-refractivity contribution in [2.75, 3.05) is 38.7 Å². The first-order valence-electron chi connectivity index (χ1n) is 10.3. The van der Waals surface area contributed by atoms with Gasteiger partial charge in [-0.25, -0.2) is 9.38 Å². The normalized spacial score (nSPS) is 15.1. The number of hydrogen-bond acceptors (Lipinski definition) is 3. The molecule has 0 aliphatic heterocycles. The van der Waals surface area contributed by atoms with Crippen LogP contribution >= 0.6 is 0 Å². The molecular weight excluding hydrogens is 367 g/mol. The summed E-state index contributed by atoms with van der Waals surface area (Å²) in [6.45, 7) is 5.55. The zero-order valence-electron chi connectivity index (χ0n) is 17.3. The number of guanidine groups is 1. The van der Waals surface area contributed by atoms with Crippen molar-refractivity contribution in [1.29, 1.82) is 0 Å². The Balaban J connectivity index is 1.57. The summed E-state index contributed by atoms with van der Waals surface area (Å²) >= 11 is 0. The Morgan fingerprint density at radius 3 is 2.52 bits per heavy atom. The van der Waals surface area contributed by atoms with Gasteiger partial charge < -0.3 is 20.7 Å². The third kappa shape index (κ3) is 5.94. The number of halogens is 1. The lowest BCUT2D eigenvalue weighted by atomic mass is 9.95. The van der Waals surface area contributed by atoms with Gasteiger partial charge in [-0.05, 0) is 49.1 Å². The average molecular weight is 399 g/mol. The predicted molar refractivity (Wildman–Crippen MR) is 117 cm³/mol. The summed E-state index contributed by atoms with van der Waals surface area (Å²) in [5.74, 6) is 0.644. The van der Waals surface area contributed by atoms with Crippen LogP contribution < -0.4 is 16.0 Å². The third-order valence-corrected chi connectivity index (χ3v) is 5.25. The van der Waals surface area contributed by atoms with Crippen LogP contribution in [0.4, 0.5) is 10.1 Å². The van der Waals surface area contributed by atoms with Gasteiger partial charge in [-0.2, -0.15) is 0 Å². The maximum absolute atomic E-state index is 14.2. The summed E-state index contributed by atoms with van der Waals surface area (Å²) in [5.41, 5.74) is 2.90. The highest BCUT2D eigenvalue weighted by Gasteiger charge is 2.45. The van der Waals surface area contributed by atoms with Gasteiger partial charge in [0.05, 0.1) is 13.2 Å². The van der Waals surface area contributed by atoms with Crippen LogP contribution in [0.1, 0.15) is 30.9 Å². The van der Waals surface area contributed by atoms with Crippen LogP contribution in [0.25, 0.3) is 0 Å². The minimum absolute atomic E-state index is 0.114. The van der Waals surface area contributed by atoms with E-state index in [9.17, 15) is 4.39 Å². The SMILES string of the molecule is CCNC(=NCc1ccc(NCCOC)cc1)NCC1(c2ccccc2F)CC1. The molecule has 0 saturated heterocycles. The molecule has 0 bridgehead atoms. The van der Waals surface area contributed by atoms with E-state index in [2.05, 4.69) is 40.2 Å². The fourth-order valence-electron chi connectivity index (χ4n) is 3.37. The molecule has 156 valence electrons. The summed E-state index contributed by atoms with van der Waals surface area (Å²) in [5, 5.41) is 10.0. The molecule has 0 aromatic heterocycles. The molecule has 1 aliphatic carbocycles. The van der Waals surface area contributed by atoms with Gasteiger partial charge >= 0.3 is 0 Å². The monoisotopic (exact) mass is 398 g/mol. The fourth-order valence-corrected chi connectivity index (χ4v) is 3.37. The molecule has 2 aromatic rings. The Bertz CT molecular complexity index is 803. The van der Waals surface area contributed by atoms with E-state index in [-0.39, 0.29) is 11.2 Å². The number of nitrogens with one attached hydrogen (secondary N) is 3. The van der Waals surface area contributed by atoms with Crippen molar-refractivity contribution in [1.82, 2.24) is 10.6 Å². The van der Waals surface area contributed by atoms with Crippen molar-refractivity contribution in [2.24, 2.45) is 4.99 Å². The van der Waals surface area contributed by atoms with E-state index in [4.69, 9.17) is 9.73 Å². The van der Waals surface area contributed by atoms with Gasteiger partial charge in [-0.15, -0.1) is 0 Å². The average Bonchev–Trinajstić information content (AvgIpc) is 3.52. The molecule has 1 saturated carbocycles. The molecule has 0 spiro atoms. The number of aliphatic imine (C=N–C) groups is 1. The lowest BCUT2D eigenvalue weighted by Crippen LogP contribution is -2.41. The summed E-state index contributed by atoms with van der Waals surface area (Å²) < 4.78 is 19.3. The molecule has 1 aliphatic rings. The molecule has 0 heterocycles. The first-order valence-corrected chi connectivity index (χ1v) is 10.3. The maximum atomic E-state index is 14.2. The highest BCUT2D eigenvalue weighted by atomic mass is 19.1. The van der Waals surface area contributed by atoms with Crippen LogP contribution in [0.15, 0.2) is 53.5 Å². The molecule has 29 heavy (non-hydrogen) atoms. The second kappa shape index (κ2) is 10.3. The molecule has 2 aromatic carbocycles. The minimum Gasteiger partial charge on any atom is -0.383 e. The van der Waals surface area contributed by atoms with E-state index in [0.29, 0.717) is 19.7 Å². The predicted octanol–water partition coefficient (Wildman–Crippen LogP) is 3.67. The molecule has 0 amide bonds. The van der Waals surface area contributed by atoms with Crippen molar-refractivity contribution in [3.8, 4) is 0 Å². The quantitative estimate of drug-likeness (QED) is 0.325. The van der Waals surface area contributed by atoms with E-state index >= 15 is 0 Å². The van der Waals surface area contributed by atoms with Gasteiger partial charge in [-0.1, -0.05) is 30.3 Å². The zero-order valence-corrected chi connectivity index (χ0v) is 17.3. The van der Waals surface area contributed by atoms with Gasteiger partial charge in [0.15, 0.2) is 5.96 Å². The van der Waals surface area contributed by atoms with E-state index in [1.807, 2.05) is 19.1 Å². The van der Waals surface area contributed by atoms with Crippen LogP contribution in [0, 0.1) is 5.82 Å². The van der Waals surface area contributed by atoms with Crippen molar-refractivity contribution >= 4 is 11.6 Å². The van der Waals surface area contributed by atoms with Gasteiger partial charge in [0.2, 0.25) is 0 Å². The first kappa shape index (κ1) is 21.1. The number of benzene rings is 2. The lowest BCUT2D eigenvalue weighted by molar-refractivity contribution is 0.211. The third-order valence-electron chi connectivity index (χ3n) is 5.25. The number of anilines is 1. The van der Waals surface area contributed by atoms with E-state index < -0.39 is 0 Å². The lowest BCUT2D eigenvalue weighted by Gasteiger charge is -2.19. The van der Waals surface area contributed by atoms with Crippen molar-refractivity contribution in [3.63, 3.8) is 0 Å². The zero-order chi connectivity index (χ0) is 20.5. The van der Waals surface area contributed by atoms with Gasteiger partial charge in [0.25, 0.3) is 0 Å². The Hall–Kier alpha value is -2.60.